The lowest BCUT2D eigenvalue weighted by atomic mass is 9.90. The maximum absolute atomic E-state index is 6.17. The standard InChI is InChI=1S/C53H42N2O/c1-36-19-9-10-21-42(36)46-34-40(29-28-38(46)3)54-32-15-5-7-20-39(4)52-43(24-17-27-49(52)54)44-22-11-14-26-50-53(44)45-23-12-13-25-48(45)55(50)41-30-31-51-47(35-41)37(2)18-8-6-16-33-56-51/h5-10,12-31,34-35H,2,4,32-33H2,1,3H3/b15-5-,16-6-,18-8-,20-7-. The molecule has 2 aliphatic heterocycles. The molecular weight excluding hydrogens is 681 g/mol. The minimum Gasteiger partial charge on any atom is -0.489 e. The van der Waals surface area contributed by atoms with Gasteiger partial charge in [-0.3, -0.25) is 0 Å². The maximum atomic E-state index is 6.17. The lowest BCUT2D eigenvalue weighted by Crippen LogP contribution is -2.30. The first-order valence-electron chi connectivity index (χ1n) is 19.1. The summed E-state index contributed by atoms with van der Waals surface area (Å²) in [4.78, 5) is 2.42. The molecule has 56 heavy (non-hydrogen) atoms. The minimum atomic E-state index is 0.502. The van der Waals surface area contributed by atoms with Crippen molar-refractivity contribution in [2.24, 2.45) is 0 Å². The van der Waals surface area contributed by atoms with E-state index in [0.717, 1.165) is 77.7 Å². The molecule has 0 bridgehead atoms. The number of benzene rings is 5. The summed E-state index contributed by atoms with van der Waals surface area (Å²) in [6, 6.07) is 37.2. The van der Waals surface area contributed by atoms with E-state index in [-0.39, 0.29) is 0 Å². The molecule has 0 N–H and O–H groups in total. The number of fused-ring (bicyclic) bond motifs is 5. The van der Waals surface area contributed by atoms with Crippen molar-refractivity contribution in [1.82, 2.24) is 4.57 Å². The highest BCUT2D eigenvalue weighted by Gasteiger charge is 2.23. The highest BCUT2D eigenvalue weighted by Crippen LogP contribution is 2.40. The molecule has 270 valence electrons. The molecule has 0 fully saturated rings. The maximum Gasteiger partial charge on any atom is 0.127 e. The van der Waals surface area contributed by atoms with Gasteiger partial charge in [-0.05, 0) is 120 Å². The van der Waals surface area contributed by atoms with E-state index in [2.05, 4.69) is 175 Å². The summed E-state index contributed by atoms with van der Waals surface area (Å²) >= 11 is 0. The normalized spacial score (nSPS) is 17.0. The van der Waals surface area contributed by atoms with E-state index in [0.29, 0.717) is 13.2 Å². The molecule has 0 atom stereocenters. The SMILES string of the molecule is C=C1/C=C\C=C/COc2ccc(-n3c4c(c5ccccc53)=C(c3cccc5c3C(=C)/C=C\C=C/CN5c3ccc(C)c(-c5ccccc5C)c3)C=C=CC=4)cc21. The summed E-state index contributed by atoms with van der Waals surface area (Å²) in [5.74, 6) is 0.819. The number of ether oxygens (including phenoxy) is 1. The Morgan fingerprint density at radius 2 is 1.41 bits per heavy atom. The summed E-state index contributed by atoms with van der Waals surface area (Å²) in [5, 5.41) is 3.39. The van der Waals surface area contributed by atoms with Crippen LogP contribution >= 0.6 is 0 Å². The molecule has 1 aromatic heterocycles. The number of nitrogens with zero attached hydrogens (tertiary/aromatic N) is 2. The second-order valence-electron chi connectivity index (χ2n) is 14.4. The summed E-state index contributed by atoms with van der Waals surface area (Å²) in [5.41, 5.74) is 19.0. The Balaban J connectivity index is 1.29. The lowest BCUT2D eigenvalue weighted by Gasteiger charge is -2.29. The molecule has 3 heteroatoms. The monoisotopic (exact) mass is 722 g/mol. The number of anilines is 2. The molecule has 9 rings (SSSR count). The smallest absolute Gasteiger partial charge is 0.127 e. The van der Waals surface area contributed by atoms with Crippen LogP contribution in [0.2, 0.25) is 0 Å². The van der Waals surface area contributed by atoms with E-state index < -0.39 is 0 Å². The number of hydrogen-bond acceptors (Lipinski definition) is 2. The van der Waals surface area contributed by atoms with E-state index in [9.17, 15) is 0 Å². The number of allylic oxidation sites excluding steroid dienone is 9. The van der Waals surface area contributed by atoms with Crippen molar-refractivity contribution in [3.8, 4) is 22.6 Å². The molecular formula is C53H42N2O. The van der Waals surface area contributed by atoms with Crippen LogP contribution in [0.25, 0.3) is 50.5 Å². The zero-order valence-electron chi connectivity index (χ0n) is 31.8. The first-order chi connectivity index (χ1) is 27.5. The van der Waals surface area contributed by atoms with Crippen LogP contribution < -0.4 is 20.2 Å². The van der Waals surface area contributed by atoms with Crippen LogP contribution in [0.5, 0.6) is 5.75 Å². The van der Waals surface area contributed by atoms with E-state index in [4.69, 9.17) is 11.3 Å². The number of rotatable bonds is 4. The van der Waals surface area contributed by atoms with Crippen LogP contribution in [0.1, 0.15) is 27.8 Å². The van der Waals surface area contributed by atoms with Crippen molar-refractivity contribution in [2.45, 2.75) is 13.8 Å². The fraction of sp³-hybridized carbons (Fsp3) is 0.0755. The quantitative estimate of drug-likeness (QED) is 0.169. The topological polar surface area (TPSA) is 17.4 Å². The highest BCUT2D eigenvalue weighted by molar-refractivity contribution is 5.97. The Morgan fingerprint density at radius 1 is 0.661 bits per heavy atom. The third-order valence-electron chi connectivity index (χ3n) is 10.9. The van der Waals surface area contributed by atoms with Crippen LogP contribution in [0.4, 0.5) is 11.4 Å². The van der Waals surface area contributed by atoms with Gasteiger partial charge >= 0.3 is 0 Å². The van der Waals surface area contributed by atoms with Gasteiger partial charge in [0.1, 0.15) is 12.4 Å². The molecule has 5 aromatic carbocycles. The van der Waals surface area contributed by atoms with Gasteiger partial charge < -0.3 is 14.2 Å². The first-order valence-corrected chi connectivity index (χ1v) is 19.1. The molecule has 3 nitrogen and oxygen atoms in total. The lowest BCUT2D eigenvalue weighted by molar-refractivity contribution is 0.362. The molecule has 3 heterocycles. The van der Waals surface area contributed by atoms with Gasteiger partial charge in [0.15, 0.2) is 0 Å². The summed E-state index contributed by atoms with van der Waals surface area (Å²) in [6.07, 6.45) is 23.0. The van der Waals surface area contributed by atoms with Gasteiger partial charge in [-0.1, -0.05) is 116 Å². The Kier molecular flexibility index (Phi) is 9.07. The van der Waals surface area contributed by atoms with Crippen LogP contribution in [-0.4, -0.2) is 17.7 Å². The molecule has 0 spiro atoms. The Bertz CT molecular complexity index is 2930. The molecule has 0 unspecified atom stereocenters. The highest BCUT2D eigenvalue weighted by atomic mass is 16.5. The average Bonchev–Trinajstić information content (AvgIpc) is 3.47. The van der Waals surface area contributed by atoms with Gasteiger partial charge in [-0.2, -0.15) is 0 Å². The van der Waals surface area contributed by atoms with Crippen molar-refractivity contribution in [3.05, 3.63) is 221 Å². The number of aromatic nitrogens is 1. The fourth-order valence-corrected chi connectivity index (χ4v) is 8.20. The molecule has 0 radical (unpaired) electrons. The second-order valence-corrected chi connectivity index (χ2v) is 14.4. The van der Waals surface area contributed by atoms with E-state index >= 15 is 0 Å². The van der Waals surface area contributed by atoms with Crippen LogP contribution in [0.3, 0.4) is 0 Å². The predicted molar refractivity (Wildman–Crippen MR) is 237 cm³/mol. The van der Waals surface area contributed by atoms with Gasteiger partial charge in [0.05, 0.1) is 10.9 Å². The van der Waals surface area contributed by atoms with Crippen molar-refractivity contribution in [1.29, 1.82) is 0 Å². The Morgan fingerprint density at radius 3 is 2.30 bits per heavy atom. The molecule has 1 aliphatic carbocycles. The van der Waals surface area contributed by atoms with Crippen LogP contribution in [-0.2, 0) is 0 Å². The summed E-state index contributed by atoms with van der Waals surface area (Å²) in [7, 11) is 0. The van der Waals surface area contributed by atoms with E-state index in [1.165, 1.54) is 22.3 Å². The third-order valence-corrected chi connectivity index (χ3v) is 10.9. The van der Waals surface area contributed by atoms with E-state index in [1.807, 2.05) is 30.4 Å². The fourth-order valence-electron chi connectivity index (χ4n) is 8.20. The zero-order chi connectivity index (χ0) is 38.2. The van der Waals surface area contributed by atoms with Crippen LogP contribution in [0, 0.1) is 13.8 Å². The first kappa shape index (κ1) is 34.7. The number of hydrogen-bond donors (Lipinski definition) is 0. The second kappa shape index (κ2) is 14.6. The van der Waals surface area contributed by atoms with Gasteiger partial charge in [0.2, 0.25) is 0 Å². The van der Waals surface area contributed by atoms with Crippen molar-refractivity contribution >= 4 is 45.1 Å². The molecule has 0 amide bonds. The van der Waals surface area contributed by atoms with Gasteiger partial charge in [-0.25, -0.2) is 0 Å². The Labute approximate surface area is 328 Å². The number of aryl methyl sites for hydroxylation is 2. The van der Waals surface area contributed by atoms with Crippen molar-refractivity contribution in [3.63, 3.8) is 0 Å². The zero-order valence-corrected chi connectivity index (χ0v) is 31.8. The molecule has 0 saturated heterocycles. The molecule has 3 aliphatic rings. The molecule has 0 saturated carbocycles. The summed E-state index contributed by atoms with van der Waals surface area (Å²) < 4.78 is 8.52. The van der Waals surface area contributed by atoms with Crippen molar-refractivity contribution < 1.29 is 4.74 Å². The van der Waals surface area contributed by atoms with E-state index in [1.54, 1.807) is 0 Å². The largest absolute Gasteiger partial charge is 0.489 e. The van der Waals surface area contributed by atoms with Crippen LogP contribution in [0.15, 0.2) is 183 Å². The van der Waals surface area contributed by atoms with Gasteiger partial charge in [-0.15, -0.1) is 5.73 Å². The number of para-hydroxylation sites is 1. The summed E-state index contributed by atoms with van der Waals surface area (Å²) in [6.45, 7) is 14.7. The third kappa shape index (κ3) is 6.15. The van der Waals surface area contributed by atoms with Gasteiger partial charge in [0, 0.05) is 50.9 Å². The van der Waals surface area contributed by atoms with Gasteiger partial charge in [0.25, 0.3) is 0 Å². The minimum absolute atomic E-state index is 0.502. The predicted octanol–water partition coefficient (Wildman–Crippen LogP) is 11.4. The van der Waals surface area contributed by atoms with Crippen molar-refractivity contribution in [2.75, 3.05) is 18.1 Å². The Hall–Kier alpha value is -7.06. The molecule has 6 aromatic rings. The average molecular weight is 723 g/mol.